The smallest absolute Gasteiger partial charge is 0.217 e. The number of aromatic nitrogens is 7. The van der Waals surface area contributed by atoms with E-state index in [-0.39, 0.29) is 0 Å². The Bertz CT molecular complexity index is 1340. The molecule has 29 heavy (non-hydrogen) atoms. The maximum absolute atomic E-state index is 4.72. The van der Waals surface area contributed by atoms with Gasteiger partial charge in [0, 0.05) is 55.1 Å². The van der Waals surface area contributed by atoms with Gasteiger partial charge in [-0.2, -0.15) is 14.7 Å². The Morgan fingerprint density at radius 1 is 1.03 bits per heavy atom. The monoisotopic (exact) mass is 402 g/mol. The third-order valence-corrected chi connectivity index (χ3v) is 5.54. The summed E-state index contributed by atoms with van der Waals surface area (Å²) in [6.45, 7) is 0. The van der Waals surface area contributed by atoms with Gasteiger partial charge in [0.25, 0.3) is 0 Å². The third-order valence-electron chi connectivity index (χ3n) is 4.62. The van der Waals surface area contributed by atoms with E-state index in [1.807, 2.05) is 63.9 Å². The molecule has 0 atom stereocenters. The first-order valence-electron chi connectivity index (χ1n) is 9.04. The summed E-state index contributed by atoms with van der Waals surface area (Å²) in [6, 6.07) is 12.1. The molecule has 1 aromatic carbocycles. The van der Waals surface area contributed by atoms with Crippen LogP contribution in [0.5, 0.6) is 0 Å². The summed E-state index contributed by atoms with van der Waals surface area (Å²) in [5.41, 5.74) is 4.57. The van der Waals surface area contributed by atoms with E-state index in [1.165, 1.54) is 11.8 Å². The van der Waals surface area contributed by atoms with E-state index in [0.29, 0.717) is 10.8 Å². The van der Waals surface area contributed by atoms with Gasteiger partial charge in [-0.1, -0.05) is 0 Å². The molecule has 0 aliphatic heterocycles. The van der Waals surface area contributed by atoms with Gasteiger partial charge in [-0.3, -0.25) is 9.67 Å². The molecule has 0 aliphatic rings. The molecular formula is C20H18N8S. The van der Waals surface area contributed by atoms with Crippen LogP contribution >= 0.6 is 11.8 Å². The van der Waals surface area contributed by atoms with Crippen LogP contribution in [0.2, 0.25) is 0 Å². The van der Waals surface area contributed by atoms with Gasteiger partial charge in [-0.05, 0) is 48.2 Å². The van der Waals surface area contributed by atoms with E-state index in [9.17, 15) is 0 Å². The first kappa shape index (κ1) is 17.6. The van der Waals surface area contributed by atoms with Crippen LogP contribution in [-0.4, -0.2) is 48.7 Å². The van der Waals surface area contributed by atoms with Crippen molar-refractivity contribution in [1.82, 2.24) is 34.6 Å². The van der Waals surface area contributed by atoms with Crippen molar-refractivity contribution in [2.45, 2.75) is 10.1 Å². The summed E-state index contributed by atoms with van der Waals surface area (Å²) in [7, 11) is 5.95. The number of rotatable bonds is 4. The fraction of sp³-hybridized carbons (Fsp3) is 0.150. The molecule has 0 spiro atoms. The van der Waals surface area contributed by atoms with Gasteiger partial charge in [0.15, 0.2) is 5.65 Å². The molecule has 0 bridgehead atoms. The number of nitrogens with zero attached hydrogens (tertiary/aromatic N) is 8. The van der Waals surface area contributed by atoms with E-state index in [4.69, 9.17) is 5.10 Å². The van der Waals surface area contributed by atoms with Crippen LogP contribution in [0.1, 0.15) is 0 Å². The molecule has 0 saturated heterocycles. The molecule has 5 aromatic rings. The number of pyridine rings is 1. The maximum Gasteiger partial charge on any atom is 0.217 e. The highest BCUT2D eigenvalue weighted by atomic mass is 32.2. The SMILES string of the molecule is CN(C)c1ccnc2ccc(Sc3nnc4ccc(-c5cnn(C)c5)nn34)cc12. The number of aryl methyl sites for hydroxylation is 1. The fourth-order valence-corrected chi connectivity index (χ4v) is 4.04. The summed E-state index contributed by atoms with van der Waals surface area (Å²) in [5.74, 6) is 0. The van der Waals surface area contributed by atoms with E-state index >= 15 is 0 Å². The minimum Gasteiger partial charge on any atom is -0.377 e. The van der Waals surface area contributed by atoms with Crippen molar-refractivity contribution in [3.63, 3.8) is 0 Å². The van der Waals surface area contributed by atoms with E-state index in [0.717, 1.165) is 32.7 Å². The van der Waals surface area contributed by atoms with Gasteiger partial charge in [0.1, 0.15) is 0 Å². The van der Waals surface area contributed by atoms with Crippen molar-refractivity contribution in [2.24, 2.45) is 7.05 Å². The molecule has 0 aliphatic carbocycles. The minimum absolute atomic E-state index is 0.705. The van der Waals surface area contributed by atoms with Gasteiger partial charge >= 0.3 is 0 Å². The largest absolute Gasteiger partial charge is 0.377 e. The predicted molar refractivity (Wildman–Crippen MR) is 113 cm³/mol. The molecule has 0 saturated carbocycles. The minimum atomic E-state index is 0.705. The lowest BCUT2D eigenvalue weighted by Crippen LogP contribution is -2.09. The molecule has 0 radical (unpaired) electrons. The molecule has 0 unspecified atom stereocenters. The topological polar surface area (TPSA) is 77.0 Å². The quantitative estimate of drug-likeness (QED) is 0.456. The lowest BCUT2D eigenvalue weighted by molar-refractivity contribution is 0.767. The van der Waals surface area contributed by atoms with Crippen LogP contribution in [0, 0.1) is 0 Å². The predicted octanol–water partition coefficient (Wildman–Crippen LogP) is 3.29. The lowest BCUT2D eigenvalue weighted by atomic mass is 10.2. The number of hydrogen-bond acceptors (Lipinski definition) is 7. The summed E-state index contributed by atoms with van der Waals surface area (Å²) >= 11 is 1.53. The van der Waals surface area contributed by atoms with Crippen molar-refractivity contribution >= 4 is 34.0 Å². The zero-order chi connectivity index (χ0) is 20.0. The third kappa shape index (κ3) is 3.19. The number of anilines is 1. The van der Waals surface area contributed by atoms with E-state index < -0.39 is 0 Å². The van der Waals surface area contributed by atoms with Gasteiger partial charge in [0.2, 0.25) is 5.16 Å². The van der Waals surface area contributed by atoms with Crippen LogP contribution in [0.3, 0.4) is 0 Å². The lowest BCUT2D eigenvalue weighted by Gasteiger charge is -2.15. The van der Waals surface area contributed by atoms with Crippen LogP contribution in [0.15, 0.2) is 65.0 Å². The second-order valence-corrected chi connectivity index (χ2v) is 7.92. The average molecular weight is 402 g/mol. The zero-order valence-electron chi connectivity index (χ0n) is 16.2. The molecule has 9 heteroatoms. The Kier molecular flexibility index (Phi) is 4.17. The van der Waals surface area contributed by atoms with E-state index in [1.54, 1.807) is 15.4 Å². The number of fused-ring (bicyclic) bond motifs is 2. The van der Waals surface area contributed by atoms with Crippen LogP contribution in [-0.2, 0) is 7.05 Å². The summed E-state index contributed by atoms with van der Waals surface area (Å²) in [4.78, 5) is 7.61. The van der Waals surface area contributed by atoms with Gasteiger partial charge < -0.3 is 4.90 Å². The molecular weight excluding hydrogens is 384 g/mol. The maximum atomic E-state index is 4.72. The Labute approximate surface area is 171 Å². The highest BCUT2D eigenvalue weighted by Gasteiger charge is 2.12. The van der Waals surface area contributed by atoms with E-state index in [2.05, 4.69) is 31.2 Å². The molecule has 0 fully saturated rings. The summed E-state index contributed by atoms with van der Waals surface area (Å²) in [5, 5.41) is 19.3. The first-order valence-corrected chi connectivity index (χ1v) is 9.85. The fourth-order valence-electron chi connectivity index (χ4n) is 3.21. The Morgan fingerprint density at radius 2 is 1.93 bits per heavy atom. The zero-order valence-corrected chi connectivity index (χ0v) is 17.0. The number of hydrogen-bond donors (Lipinski definition) is 0. The summed E-state index contributed by atoms with van der Waals surface area (Å²) < 4.78 is 3.53. The van der Waals surface area contributed by atoms with Crippen molar-refractivity contribution in [1.29, 1.82) is 0 Å². The van der Waals surface area contributed by atoms with Gasteiger partial charge in [-0.15, -0.1) is 10.2 Å². The van der Waals surface area contributed by atoms with Crippen molar-refractivity contribution in [3.05, 3.63) is 55.0 Å². The van der Waals surface area contributed by atoms with Gasteiger partial charge in [-0.25, -0.2) is 0 Å². The molecule has 4 aromatic heterocycles. The second-order valence-electron chi connectivity index (χ2n) is 6.88. The van der Waals surface area contributed by atoms with Crippen LogP contribution in [0.4, 0.5) is 5.69 Å². The van der Waals surface area contributed by atoms with Crippen molar-refractivity contribution in [3.8, 4) is 11.3 Å². The summed E-state index contributed by atoms with van der Waals surface area (Å²) in [6.07, 6.45) is 5.56. The van der Waals surface area contributed by atoms with Crippen LogP contribution in [0.25, 0.3) is 27.8 Å². The van der Waals surface area contributed by atoms with Gasteiger partial charge in [0.05, 0.1) is 17.4 Å². The van der Waals surface area contributed by atoms with Crippen molar-refractivity contribution < 1.29 is 0 Å². The molecule has 144 valence electrons. The second kappa shape index (κ2) is 6.85. The number of benzene rings is 1. The Morgan fingerprint density at radius 3 is 2.72 bits per heavy atom. The van der Waals surface area contributed by atoms with Crippen molar-refractivity contribution in [2.75, 3.05) is 19.0 Å². The Hall–Kier alpha value is -3.46. The average Bonchev–Trinajstić information content (AvgIpc) is 3.33. The highest BCUT2D eigenvalue weighted by molar-refractivity contribution is 7.99. The molecule has 4 heterocycles. The normalized spacial score (nSPS) is 11.4. The first-order chi connectivity index (χ1) is 14.1. The molecule has 0 N–H and O–H groups in total. The van der Waals surface area contributed by atoms with Crippen LogP contribution < -0.4 is 4.90 Å². The molecule has 5 rings (SSSR count). The molecule has 0 amide bonds. The standard InChI is InChI=1S/C20H18N8S/c1-26(2)18-8-9-21-17-5-4-14(10-15(17)18)29-20-24-23-19-7-6-16(25-28(19)20)13-11-22-27(3)12-13/h4-12H,1-3H3. The Balaban J connectivity index is 1.55. The highest BCUT2D eigenvalue weighted by Crippen LogP contribution is 2.32. The molecule has 8 nitrogen and oxygen atoms in total.